The highest BCUT2D eigenvalue weighted by atomic mass is 127. The maximum Gasteiger partial charge on any atom is 0.161 e. The van der Waals surface area contributed by atoms with E-state index in [-0.39, 0.29) is 6.29 Å². The summed E-state index contributed by atoms with van der Waals surface area (Å²) in [4.78, 5) is 0. The lowest BCUT2D eigenvalue weighted by Crippen LogP contribution is -2.17. The Balaban J connectivity index is 2.41. The molecule has 1 fully saturated rings. The fourth-order valence-corrected chi connectivity index (χ4v) is 3.62. The van der Waals surface area contributed by atoms with E-state index in [1.54, 1.807) is 0 Å². The number of allylic oxidation sites excluding steroid dienone is 1. The molecule has 1 aliphatic carbocycles. The lowest BCUT2D eigenvalue weighted by molar-refractivity contribution is -0.134. The first-order valence-corrected chi connectivity index (χ1v) is 9.76. The Morgan fingerprint density at radius 1 is 1.23 bits per heavy atom. The van der Waals surface area contributed by atoms with Crippen LogP contribution in [0.5, 0.6) is 0 Å². The summed E-state index contributed by atoms with van der Waals surface area (Å²) in [5.74, 6) is 4.92. The second kappa shape index (κ2) is 12.4. The average molecular weight is 418 g/mol. The van der Waals surface area contributed by atoms with Crippen LogP contribution in [-0.4, -0.2) is 19.5 Å². The van der Waals surface area contributed by atoms with Gasteiger partial charge in [-0.15, -0.1) is 0 Å². The quantitative estimate of drug-likeness (QED) is 0.196. The fraction of sp³-hybridized carbons (Fsp3) is 0.789. The minimum Gasteiger partial charge on any atom is -0.353 e. The van der Waals surface area contributed by atoms with Crippen molar-refractivity contribution in [3.8, 4) is 9.85 Å². The molecule has 2 atom stereocenters. The molecule has 0 aliphatic heterocycles. The molecule has 0 unspecified atom stereocenters. The van der Waals surface area contributed by atoms with Gasteiger partial charge >= 0.3 is 0 Å². The molecule has 0 N–H and O–H groups in total. The fourth-order valence-electron chi connectivity index (χ4n) is 3.35. The highest BCUT2D eigenvalue weighted by Crippen LogP contribution is 2.37. The predicted octanol–water partition coefficient (Wildman–Crippen LogP) is 5.70. The van der Waals surface area contributed by atoms with Crippen LogP contribution in [0.1, 0.15) is 65.7 Å². The molecule has 3 heteroatoms. The minimum atomic E-state index is -0.0791. The molecule has 0 amide bonds. The van der Waals surface area contributed by atoms with Crippen molar-refractivity contribution in [3.63, 3.8) is 0 Å². The maximum absolute atomic E-state index is 5.63. The monoisotopic (exact) mass is 418 g/mol. The molecule has 1 saturated carbocycles. The topological polar surface area (TPSA) is 18.5 Å². The van der Waals surface area contributed by atoms with Gasteiger partial charge in [0, 0.05) is 48.6 Å². The van der Waals surface area contributed by atoms with Gasteiger partial charge in [-0.1, -0.05) is 30.4 Å². The van der Waals surface area contributed by atoms with Gasteiger partial charge in [0.1, 0.15) is 0 Å². The van der Waals surface area contributed by atoms with Crippen molar-refractivity contribution in [2.24, 2.45) is 11.8 Å². The first-order valence-electron chi connectivity index (χ1n) is 8.68. The van der Waals surface area contributed by atoms with Gasteiger partial charge in [0.2, 0.25) is 0 Å². The molecule has 0 aromatic rings. The summed E-state index contributed by atoms with van der Waals surface area (Å²) >= 11 is 2.13. The third-order valence-corrected chi connectivity index (χ3v) is 4.87. The largest absolute Gasteiger partial charge is 0.353 e. The molecule has 0 bridgehead atoms. The van der Waals surface area contributed by atoms with E-state index >= 15 is 0 Å². The standard InChI is InChI=1S/C19H31IO2/c1-4-21-19(22-5-2)15-16(3)12-13-18-11-8-10-17(18)9-6-7-14-20/h12,17-19H,4-6,8-11,13,15H2,1-3H3/b16-12+/t17-,18+/m0/s1. The molecule has 0 spiro atoms. The van der Waals surface area contributed by atoms with E-state index in [4.69, 9.17) is 9.47 Å². The number of ether oxygens (including phenoxy) is 2. The van der Waals surface area contributed by atoms with Gasteiger partial charge in [-0.25, -0.2) is 0 Å². The zero-order valence-corrected chi connectivity index (χ0v) is 16.5. The summed E-state index contributed by atoms with van der Waals surface area (Å²) in [5.41, 5.74) is 1.39. The van der Waals surface area contributed by atoms with Crippen LogP contribution < -0.4 is 0 Å². The molecule has 0 radical (unpaired) electrons. The molecular weight excluding hydrogens is 387 g/mol. The van der Waals surface area contributed by atoms with Crippen LogP contribution in [0.3, 0.4) is 0 Å². The van der Waals surface area contributed by atoms with E-state index in [2.05, 4.69) is 45.4 Å². The molecule has 0 saturated heterocycles. The summed E-state index contributed by atoms with van der Waals surface area (Å²) in [6.07, 6.45) is 10.9. The van der Waals surface area contributed by atoms with E-state index in [9.17, 15) is 0 Å². The van der Waals surface area contributed by atoms with Crippen LogP contribution >= 0.6 is 22.6 Å². The maximum atomic E-state index is 5.63. The summed E-state index contributed by atoms with van der Waals surface area (Å²) in [5, 5.41) is 0. The highest BCUT2D eigenvalue weighted by Gasteiger charge is 2.25. The van der Waals surface area contributed by atoms with Crippen LogP contribution in [0.2, 0.25) is 0 Å². The van der Waals surface area contributed by atoms with Crippen molar-refractivity contribution in [2.45, 2.75) is 72.0 Å². The Bertz CT molecular complexity index is 375. The van der Waals surface area contributed by atoms with Gasteiger partial charge in [-0.2, -0.15) is 0 Å². The second-order valence-corrected chi connectivity index (χ2v) is 6.63. The highest BCUT2D eigenvalue weighted by molar-refractivity contribution is 14.1. The Labute approximate surface area is 150 Å². The third-order valence-electron chi connectivity index (χ3n) is 4.49. The Hall–Kier alpha value is -0.0500. The lowest BCUT2D eigenvalue weighted by Gasteiger charge is -2.19. The van der Waals surface area contributed by atoms with E-state index in [1.807, 2.05) is 13.8 Å². The Morgan fingerprint density at radius 2 is 1.91 bits per heavy atom. The van der Waals surface area contributed by atoms with Crippen LogP contribution in [0.25, 0.3) is 0 Å². The van der Waals surface area contributed by atoms with Crippen molar-refractivity contribution in [2.75, 3.05) is 13.2 Å². The van der Waals surface area contributed by atoms with Crippen molar-refractivity contribution < 1.29 is 9.47 Å². The first-order chi connectivity index (χ1) is 10.7. The zero-order valence-electron chi connectivity index (χ0n) is 14.4. The van der Waals surface area contributed by atoms with Gasteiger partial charge in [0.15, 0.2) is 6.29 Å². The molecule has 2 nitrogen and oxygen atoms in total. The van der Waals surface area contributed by atoms with Crippen molar-refractivity contribution in [1.82, 2.24) is 0 Å². The Morgan fingerprint density at radius 3 is 2.55 bits per heavy atom. The average Bonchev–Trinajstić information content (AvgIpc) is 2.93. The van der Waals surface area contributed by atoms with Gasteiger partial charge in [0.25, 0.3) is 0 Å². The normalized spacial score (nSPS) is 22.0. The van der Waals surface area contributed by atoms with Gasteiger partial charge in [-0.3, -0.25) is 0 Å². The van der Waals surface area contributed by atoms with Crippen LogP contribution in [-0.2, 0) is 9.47 Å². The molecule has 126 valence electrons. The molecule has 1 rings (SSSR count). The second-order valence-electron chi connectivity index (χ2n) is 6.09. The Kier molecular flexibility index (Phi) is 11.3. The van der Waals surface area contributed by atoms with Crippen LogP contribution in [0, 0.1) is 21.7 Å². The SMILES string of the molecule is CCOC(C/C(C)=C/C[C@H]1CCC[C@@H]1CCC#CI)OCC. The van der Waals surface area contributed by atoms with E-state index < -0.39 is 0 Å². The van der Waals surface area contributed by atoms with Crippen molar-refractivity contribution in [3.05, 3.63) is 11.6 Å². The number of rotatable bonds is 10. The van der Waals surface area contributed by atoms with Crippen molar-refractivity contribution in [1.29, 1.82) is 0 Å². The molecule has 1 aliphatic rings. The smallest absolute Gasteiger partial charge is 0.161 e. The van der Waals surface area contributed by atoms with Gasteiger partial charge < -0.3 is 9.47 Å². The van der Waals surface area contributed by atoms with E-state index in [1.165, 1.54) is 37.7 Å². The lowest BCUT2D eigenvalue weighted by atomic mass is 9.88. The zero-order chi connectivity index (χ0) is 16.2. The number of hydrogen-bond donors (Lipinski definition) is 0. The molecule has 0 aromatic carbocycles. The van der Waals surface area contributed by atoms with E-state index in [0.29, 0.717) is 13.2 Å². The first kappa shape index (κ1) is 20.0. The number of halogens is 1. The molecule has 22 heavy (non-hydrogen) atoms. The summed E-state index contributed by atoms with van der Waals surface area (Å²) in [6.45, 7) is 7.66. The van der Waals surface area contributed by atoms with E-state index in [0.717, 1.165) is 24.7 Å². The summed E-state index contributed by atoms with van der Waals surface area (Å²) < 4.78 is 14.2. The van der Waals surface area contributed by atoms with Crippen molar-refractivity contribution >= 4 is 22.6 Å². The predicted molar refractivity (Wildman–Crippen MR) is 102 cm³/mol. The van der Waals surface area contributed by atoms with Crippen LogP contribution in [0.15, 0.2) is 11.6 Å². The molecular formula is C19H31IO2. The van der Waals surface area contributed by atoms with Gasteiger partial charge in [0.05, 0.1) is 0 Å². The summed E-state index contributed by atoms with van der Waals surface area (Å²) in [7, 11) is 0. The number of hydrogen-bond acceptors (Lipinski definition) is 2. The van der Waals surface area contributed by atoms with Gasteiger partial charge in [-0.05, 0) is 55.8 Å². The van der Waals surface area contributed by atoms with Crippen LogP contribution in [0.4, 0.5) is 0 Å². The third kappa shape index (κ3) is 7.99. The summed E-state index contributed by atoms with van der Waals surface area (Å²) in [6, 6.07) is 0. The molecule has 0 heterocycles. The molecule has 0 aromatic heterocycles. The minimum absolute atomic E-state index is 0.0791.